The van der Waals surface area contributed by atoms with E-state index < -0.39 is 33.5 Å². The predicted molar refractivity (Wildman–Crippen MR) is 130 cm³/mol. The predicted octanol–water partition coefficient (Wildman–Crippen LogP) is 1.78. The smallest absolute Gasteiger partial charge is 0.295 e. The Hall–Kier alpha value is -3.25. The first-order valence-electron chi connectivity index (χ1n) is 11.4. The maximum absolute atomic E-state index is 13.1. The number of Topliss-reactive ketones (excluding diaryl/α,β-unsaturated/α-hetero) is 1. The topological polar surface area (TPSA) is 123 Å². The van der Waals surface area contributed by atoms with E-state index in [1.54, 1.807) is 24.3 Å². The molecule has 2 aliphatic heterocycles. The van der Waals surface area contributed by atoms with Gasteiger partial charge in [0.2, 0.25) is 10.0 Å². The van der Waals surface area contributed by atoms with E-state index in [0.29, 0.717) is 24.5 Å². The molecule has 2 aromatic carbocycles. The summed E-state index contributed by atoms with van der Waals surface area (Å²) in [4.78, 5) is 27.4. The molecule has 11 heteroatoms. The van der Waals surface area contributed by atoms with Gasteiger partial charge in [-0.1, -0.05) is 12.1 Å². The van der Waals surface area contributed by atoms with Crippen molar-refractivity contribution in [2.24, 2.45) is 0 Å². The molecule has 0 spiro atoms. The maximum Gasteiger partial charge on any atom is 0.295 e. The number of rotatable bonds is 8. The van der Waals surface area contributed by atoms with Gasteiger partial charge < -0.3 is 24.2 Å². The number of carbonyl (C=O) groups is 2. The summed E-state index contributed by atoms with van der Waals surface area (Å²) in [5.41, 5.74) is 0.708. The summed E-state index contributed by atoms with van der Waals surface area (Å²) in [6.07, 6.45) is 0. The van der Waals surface area contributed by atoms with Gasteiger partial charge in [-0.3, -0.25) is 9.59 Å². The first kappa shape index (κ1) is 25.8. The number of carbonyl (C=O) groups excluding carboxylic acids is 2. The number of methoxy groups -OCH3 is 2. The van der Waals surface area contributed by atoms with Crippen molar-refractivity contribution in [1.82, 2.24) is 9.21 Å². The summed E-state index contributed by atoms with van der Waals surface area (Å²) in [5, 5.41) is 11.2. The molecule has 0 aliphatic carbocycles. The van der Waals surface area contributed by atoms with E-state index in [9.17, 15) is 23.1 Å². The summed E-state index contributed by atoms with van der Waals surface area (Å²) in [5.74, 6) is -1.45. The van der Waals surface area contributed by atoms with Crippen LogP contribution in [0.4, 0.5) is 0 Å². The van der Waals surface area contributed by atoms with Gasteiger partial charge in [-0.2, -0.15) is 4.31 Å². The highest BCUT2D eigenvalue weighted by atomic mass is 32.2. The van der Waals surface area contributed by atoms with Crippen molar-refractivity contribution in [1.29, 1.82) is 0 Å². The van der Waals surface area contributed by atoms with Crippen LogP contribution in [0.15, 0.2) is 59.0 Å². The molecule has 1 atom stereocenters. The summed E-state index contributed by atoms with van der Waals surface area (Å²) in [7, 11) is -0.728. The summed E-state index contributed by atoms with van der Waals surface area (Å²) in [6, 6.07) is 11.6. The molecule has 4 rings (SSSR count). The van der Waals surface area contributed by atoms with Gasteiger partial charge in [0.15, 0.2) is 0 Å². The van der Waals surface area contributed by atoms with E-state index in [1.165, 1.54) is 47.7 Å². The lowest BCUT2D eigenvalue weighted by Crippen LogP contribution is -2.40. The number of aliphatic hydroxyl groups excluding tert-OH is 1. The molecule has 2 aliphatic rings. The molecule has 192 valence electrons. The second-order valence-corrected chi connectivity index (χ2v) is 10.2. The van der Waals surface area contributed by atoms with Crippen LogP contribution in [0, 0.1) is 0 Å². The molecular weight excluding hydrogens is 488 g/mol. The molecule has 2 aromatic rings. The van der Waals surface area contributed by atoms with Crippen molar-refractivity contribution >= 4 is 27.5 Å². The van der Waals surface area contributed by atoms with Gasteiger partial charge in [-0.25, -0.2) is 8.42 Å². The van der Waals surface area contributed by atoms with E-state index in [2.05, 4.69) is 0 Å². The van der Waals surface area contributed by atoms with E-state index in [-0.39, 0.29) is 42.3 Å². The molecule has 0 bridgehead atoms. The monoisotopic (exact) mass is 516 g/mol. The fourth-order valence-electron chi connectivity index (χ4n) is 4.33. The van der Waals surface area contributed by atoms with Crippen LogP contribution in [0.3, 0.4) is 0 Å². The highest BCUT2D eigenvalue weighted by Crippen LogP contribution is 2.40. The number of aliphatic hydroxyl groups is 1. The second kappa shape index (κ2) is 10.8. The van der Waals surface area contributed by atoms with Crippen LogP contribution in [-0.4, -0.2) is 88.1 Å². The Morgan fingerprint density at radius 3 is 2.42 bits per heavy atom. The van der Waals surface area contributed by atoms with Crippen molar-refractivity contribution in [3.8, 4) is 5.75 Å². The van der Waals surface area contributed by atoms with Gasteiger partial charge in [-0.05, 0) is 42.0 Å². The van der Waals surface area contributed by atoms with Gasteiger partial charge >= 0.3 is 0 Å². The van der Waals surface area contributed by atoms with Crippen molar-refractivity contribution < 1.29 is 37.3 Å². The number of benzene rings is 2. The molecule has 10 nitrogen and oxygen atoms in total. The highest BCUT2D eigenvalue weighted by Gasteiger charge is 2.46. The minimum atomic E-state index is -3.73. The molecule has 2 fully saturated rings. The molecule has 1 N–H and O–H groups in total. The zero-order valence-electron chi connectivity index (χ0n) is 20.0. The third-order valence-electron chi connectivity index (χ3n) is 6.22. The number of hydrogen-bond acceptors (Lipinski definition) is 8. The first-order chi connectivity index (χ1) is 17.3. The van der Waals surface area contributed by atoms with Gasteiger partial charge in [0.25, 0.3) is 11.7 Å². The zero-order valence-corrected chi connectivity index (χ0v) is 20.9. The first-order valence-corrected chi connectivity index (χ1v) is 12.8. The normalized spacial score (nSPS) is 20.6. The summed E-state index contributed by atoms with van der Waals surface area (Å²) in [6.45, 7) is 1.50. The van der Waals surface area contributed by atoms with Gasteiger partial charge in [0.05, 0.1) is 43.4 Å². The highest BCUT2D eigenvalue weighted by molar-refractivity contribution is 7.89. The number of morpholine rings is 1. The van der Waals surface area contributed by atoms with Crippen LogP contribution >= 0.6 is 0 Å². The Bertz CT molecular complexity index is 1270. The quantitative estimate of drug-likeness (QED) is 0.320. The second-order valence-electron chi connectivity index (χ2n) is 8.30. The van der Waals surface area contributed by atoms with E-state index >= 15 is 0 Å². The lowest BCUT2D eigenvalue weighted by Gasteiger charge is -2.26. The number of ketones is 1. The van der Waals surface area contributed by atoms with Crippen LogP contribution in [0.1, 0.15) is 17.2 Å². The van der Waals surface area contributed by atoms with E-state index in [4.69, 9.17) is 14.2 Å². The SMILES string of the molecule is COCCN1C(=O)C(=O)C(=C(O)c2ccc(S(=O)(=O)N3CCOCC3)cc2)[C@@H]1c1cccc(OC)c1. The van der Waals surface area contributed by atoms with Crippen LogP contribution < -0.4 is 4.74 Å². The van der Waals surface area contributed by atoms with Crippen molar-refractivity contribution in [3.63, 3.8) is 0 Å². The third-order valence-corrected chi connectivity index (χ3v) is 8.13. The fourth-order valence-corrected chi connectivity index (χ4v) is 5.74. The van der Waals surface area contributed by atoms with Gasteiger partial charge in [0, 0.05) is 32.3 Å². The van der Waals surface area contributed by atoms with Crippen LogP contribution in [0.25, 0.3) is 5.76 Å². The number of likely N-dealkylation sites (tertiary alicyclic amines) is 1. The van der Waals surface area contributed by atoms with E-state index in [1.807, 2.05) is 0 Å². The Morgan fingerprint density at radius 2 is 1.78 bits per heavy atom. The minimum Gasteiger partial charge on any atom is -0.507 e. The molecule has 2 saturated heterocycles. The van der Waals surface area contributed by atoms with Gasteiger partial charge in [-0.15, -0.1) is 0 Å². The molecule has 0 saturated carbocycles. The molecule has 2 heterocycles. The number of sulfonamides is 1. The fraction of sp³-hybridized carbons (Fsp3) is 0.360. The third kappa shape index (κ3) is 4.87. The molecule has 0 radical (unpaired) electrons. The Kier molecular flexibility index (Phi) is 7.74. The average molecular weight is 517 g/mol. The Labute approximate surface area is 209 Å². The number of amides is 1. The standard InChI is InChI=1S/C25H28N2O8S/c1-33-13-12-27-22(18-4-3-5-19(16-18)34-2)21(24(29)25(27)30)23(28)17-6-8-20(9-7-17)36(31,32)26-10-14-35-15-11-26/h3-9,16,22,28H,10-15H2,1-2H3/t22-/m0/s1. The maximum atomic E-state index is 13.1. The zero-order chi connectivity index (χ0) is 25.9. The van der Waals surface area contributed by atoms with E-state index in [0.717, 1.165) is 0 Å². The van der Waals surface area contributed by atoms with Crippen LogP contribution in [-0.2, 0) is 29.1 Å². The molecular formula is C25H28N2O8S. The van der Waals surface area contributed by atoms with Crippen LogP contribution in [0.2, 0.25) is 0 Å². The largest absolute Gasteiger partial charge is 0.507 e. The molecule has 1 amide bonds. The van der Waals surface area contributed by atoms with Gasteiger partial charge in [0.1, 0.15) is 11.5 Å². The lowest BCUT2D eigenvalue weighted by molar-refractivity contribution is -0.140. The number of ether oxygens (including phenoxy) is 3. The summed E-state index contributed by atoms with van der Waals surface area (Å²) >= 11 is 0. The molecule has 0 aromatic heterocycles. The lowest BCUT2D eigenvalue weighted by atomic mass is 9.95. The molecule has 0 unspecified atom stereocenters. The average Bonchev–Trinajstić information content (AvgIpc) is 3.17. The number of hydrogen-bond donors (Lipinski definition) is 1. The Morgan fingerprint density at radius 1 is 1.08 bits per heavy atom. The minimum absolute atomic E-state index is 0.0610. The summed E-state index contributed by atoms with van der Waals surface area (Å²) < 4.78 is 42.8. The van der Waals surface area contributed by atoms with Crippen LogP contribution in [0.5, 0.6) is 5.75 Å². The molecule has 36 heavy (non-hydrogen) atoms. The van der Waals surface area contributed by atoms with Crippen molar-refractivity contribution in [2.75, 3.05) is 53.7 Å². The number of nitrogens with zero attached hydrogens (tertiary/aromatic N) is 2. The Balaban J connectivity index is 1.74. The van der Waals surface area contributed by atoms with Crippen molar-refractivity contribution in [3.05, 3.63) is 65.2 Å². The van der Waals surface area contributed by atoms with Crippen molar-refractivity contribution in [2.45, 2.75) is 10.9 Å².